The van der Waals surface area contributed by atoms with Gasteiger partial charge in [-0.2, -0.15) is 5.10 Å². The summed E-state index contributed by atoms with van der Waals surface area (Å²) in [5, 5.41) is 13.1. The van der Waals surface area contributed by atoms with Crippen molar-refractivity contribution in [2.45, 2.75) is 18.9 Å². The van der Waals surface area contributed by atoms with Crippen molar-refractivity contribution in [3.8, 4) is 0 Å². The van der Waals surface area contributed by atoms with E-state index in [0.29, 0.717) is 18.7 Å². The molecule has 2 heterocycles. The SMILES string of the molecule is O=C(O)c1cnn(C2CCN(C(=O)c3ccccc3)CC2)c1. The van der Waals surface area contributed by atoms with Gasteiger partial charge in [-0.05, 0) is 25.0 Å². The lowest BCUT2D eigenvalue weighted by molar-refractivity contribution is 0.0688. The Bertz CT molecular complexity index is 673. The molecule has 0 radical (unpaired) electrons. The topological polar surface area (TPSA) is 75.4 Å². The maximum absolute atomic E-state index is 12.4. The summed E-state index contributed by atoms with van der Waals surface area (Å²) < 4.78 is 1.70. The van der Waals surface area contributed by atoms with Crippen LogP contribution in [0, 0.1) is 0 Å². The molecule has 0 unspecified atom stereocenters. The van der Waals surface area contributed by atoms with E-state index in [9.17, 15) is 9.59 Å². The molecule has 114 valence electrons. The third kappa shape index (κ3) is 2.86. The van der Waals surface area contributed by atoms with Crippen LogP contribution in [-0.4, -0.2) is 44.8 Å². The lowest BCUT2D eigenvalue weighted by atomic mass is 10.0. The fraction of sp³-hybridized carbons (Fsp3) is 0.312. The number of carboxylic acid groups (broad SMARTS) is 1. The van der Waals surface area contributed by atoms with E-state index in [-0.39, 0.29) is 17.5 Å². The number of likely N-dealkylation sites (tertiary alicyclic amines) is 1. The molecule has 1 aliphatic heterocycles. The zero-order valence-corrected chi connectivity index (χ0v) is 12.1. The fourth-order valence-electron chi connectivity index (χ4n) is 2.74. The average Bonchev–Trinajstić information content (AvgIpc) is 3.05. The van der Waals surface area contributed by atoms with Crippen molar-refractivity contribution in [1.29, 1.82) is 0 Å². The molecule has 0 aliphatic carbocycles. The summed E-state index contributed by atoms with van der Waals surface area (Å²) in [5.74, 6) is -0.923. The van der Waals surface area contributed by atoms with Gasteiger partial charge in [-0.25, -0.2) is 4.79 Å². The number of carbonyl (C=O) groups excluding carboxylic acids is 1. The Morgan fingerprint density at radius 1 is 1.09 bits per heavy atom. The number of carboxylic acids is 1. The first-order valence-corrected chi connectivity index (χ1v) is 7.27. The van der Waals surface area contributed by atoms with Gasteiger partial charge in [-0.1, -0.05) is 18.2 Å². The van der Waals surface area contributed by atoms with Crippen LogP contribution in [0.5, 0.6) is 0 Å². The second-order valence-corrected chi connectivity index (χ2v) is 5.40. The second kappa shape index (κ2) is 6.01. The summed E-state index contributed by atoms with van der Waals surface area (Å²) in [7, 11) is 0. The van der Waals surface area contributed by atoms with Crippen LogP contribution in [0.1, 0.15) is 39.6 Å². The van der Waals surface area contributed by atoms with Gasteiger partial charge in [-0.15, -0.1) is 0 Å². The predicted molar refractivity (Wildman–Crippen MR) is 79.8 cm³/mol. The molecule has 1 aromatic carbocycles. The van der Waals surface area contributed by atoms with Gasteiger partial charge in [0.2, 0.25) is 0 Å². The number of benzene rings is 1. The van der Waals surface area contributed by atoms with Crippen LogP contribution in [0.25, 0.3) is 0 Å². The van der Waals surface area contributed by atoms with Crippen molar-refractivity contribution in [2.75, 3.05) is 13.1 Å². The molecule has 3 rings (SSSR count). The monoisotopic (exact) mass is 299 g/mol. The molecular formula is C16H17N3O3. The minimum absolute atomic E-state index is 0.0470. The molecule has 6 nitrogen and oxygen atoms in total. The molecular weight excluding hydrogens is 282 g/mol. The van der Waals surface area contributed by atoms with Crippen LogP contribution in [0.3, 0.4) is 0 Å². The molecule has 1 N–H and O–H groups in total. The highest BCUT2D eigenvalue weighted by atomic mass is 16.4. The molecule has 0 bridgehead atoms. The zero-order chi connectivity index (χ0) is 15.5. The van der Waals surface area contributed by atoms with Gasteiger partial charge >= 0.3 is 5.97 Å². The maximum atomic E-state index is 12.4. The number of rotatable bonds is 3. The summed E-state index contributed by atoms with van der Waals surface area (Å²) in [6.07, 6.45) is 4.48. The lowest BCUT2D eigenvalue weighted by Crippen LogP contribution is -2.39. The first kappa shape index (κ1) is 14.3. The Labute approximate surface area is 128 Å². The van der Waals surface area contributed by atoms with Crippen molar-refractivity contribution in [3.05, 3.63) is 53.9 Å². The lowest BCUT2D eigenvalue weighted by Gasteiger charge is -2.32. The Balaban J connectivity index is 1.62. The number of aromatic carboxylic acids is 1. The van der Waals surface area contributed by atoms with Crippen LogP contribution in [0.4, 0.5) is 0 Å². The molecule has 0 atom stereocenters. The smallest absolute Gasteiger partial charge is 0.338 e. The quantitative estimate of drug-likeness (QED) is 0.941. The number of piperidine rings is 1. The number of aromatic nitrogens is 2. The largest absolute Gasteiger partial charge is 0.478 e. The van der Waals surface area contributed by atoms with E-state index in [4.69, 9.17) is 5.11 Å². The van der Waals surface area contributed by atoms with E-state index in [1.807, 2.05) is 35.2 Å². The molecule has 0 saturated carbocycles. The molecule has 1 aliphatic rings. The van der Waals surface area contributed by atoms with Crippen LogP contribution in [0.2, 0.25) is 0 Å². The molecule has 1 fully saturated rings. The summed E-state index contributed by atoms with van der Waals surface area (Å²) in [5.41, 5.74) is 0.899. The van der Waals surface area contributed by atoms with Crippen LogP contribution >= 0.6 is 0 Å². The Hall–Kier alpha value is -2.63. The first-order chi connectivity index (χ1) is 10.6. The van der Waals surface area contributed by atoms with Gasteiger partial charge in [0.1, 0.15) is 0 Å². The molecule has 0 spiro atoms. The maximum Gasteiger partial charge on any atom is 0.338 e. The minimum Gasteiger partial charge on any atom is -0.478 e. The van der Waals surface area contributed by atoms with Gasteiger partial charge in [0.25, 0.3) is 5.91 Å². The van der Waals surface area contributed by atoms with Crippen molar-refractivity contribution in [2.24, 2.45) is 0 Å². The third-order valence-corrected chi connectivity index (χ3v) is 4.00. The third-order valence-electron chi connectivity index (χ3n) is 4.00. The number of hydrogen-bond donors (Lipinski definition) is 1. The number of carbonyl (C=O) groups is 2. The minimum atomic E-state index is -0.969. The van der Waals surface area contributed by atoms with Gasteiger partial charge < -0.3 is 10.0 Å². The first-order valence-electron chi connectivity index (χ1n) is 7.27. The summed E-state index contributed by atoms with van der Waals surface area (Å²) in [4.78, 5) is 25.1. The fourth-order valence-corrected chi connectivity index (χ4v) is 2.74. The van der Waals surface area contributed by atoms with E-state index >= 15 is 0 Å². The number of hydrogen-bond acceptors (Lipinski definition) is 3. The predicted octanol–water partition coefficient (Wildman–Crippen LogP) is 2.06. The second-order valence-electron chi connectivity index (χ2n) is 5.40. The molecule has 1 saturated heterocycles. The Morgan fingerprint density at radius 2 is 1.77 bits per heavy atom. The highest BCUT2D eigenvalue weighted by molar-refractivity contribution is 5.94. The van der Waals surface area contributed by atoms with E-state index < -0.39 is 5.97 Å². The van der Waals surface area contributed by atoms with Gasteiger partial charge in [0, 0.05) is 24.8 Å². The summed E-state index contributed by atoms with van der Waals surface area (Å²) >= 11 is 0. The van der Waals surface area contributed by atoms with E-state index in [2.05, 4.69) is 5.10 Å². The Morgan fingerprint density at radius 3 is 2.36 bits per heavy atom. The number of nitrogens with zero attached hydrogens (tertiary/aromatic N) is 3. The normalized spacial score (nSPS) is 15.7. The molecule has 22 heavy (non-hydrogen) atoms. The van der Waals surface area contributed by atoms with Gasteiger partial charge in [0.15, 0.2) is 0 Å². The summed E-state index contributed by atoms with van der Waals surface area (Å²) in [6.45, 7) is 1.31. The van der Waals surface area contributed by atoms with Crippen molar-refractivity contribution in [1.82, 2.24) is 14.7 Å². The molecule has 1 amide bonds. The van der Waals surface area contributed by atoms with Gasteiger partial charge in [-0.3, -0.25) is 9.48 Å². The van der Waals surface area contributed by atoms with E-state index in [1.165, 1.54) is 6.20 Å². The van der Waals surface area contributed by atoms with E-state index in [0.717, 1.165) is 12.8 Å². The summed E-state index contributed by atoms with van der Waals surface area (Å²) in [6, 6.07) is 9.39. The zero-order valence-electron chi connectivity index (χ0n) is 12.1. The highest BCUT2D eigenvalue weighted by Crippen LogP contribution is 2.23. The average molecular weight is 299 g/mol. The molecule has 2 aromatic rings. The van der Waals surface area contributed by atoms with Crippen LogP contribution < -0.4 is 0 Å². The van der Waals surface area contributed by atoms with Crippen LogP contribution in [-0.2, 0) is 0 Å². The standard InChI is InChI=1S/C16H17N3O3/c20-15(12-4-2-1-3-5-12)18-8-6-14(7-9-18)19-11-13(10-17-19)16(21)22/h1-5,10-11,14H,6-9H2,(H,21,22). The van der Waals surface area contributed by atoms with Crippen molar-refractivity contribution in [3.63, 3.8) is 0 Å². The van der Waals surface area contributed by atoms with Gasteiger partial charge in [0.05, 0.1) is 17.8 Å². The van der Waals surface area contributed by atoms with Crippen molar-refractivity contribution >= 4 is 11.9 Å². The molecule has 6 heteroatoms. The highest BCUT2D eigenvalue weighted by Gasteiger charge is 2.25. The Kier molecular flexibility index (Phi) is 3.91. The molecule has 1 aromatic heterocycles. The van der Waals surface area contributed by atoms with Crippen LogP contribution in [0.15, 0.2) is 42.7 Å². The van der Waals surface area contributed by atoms with E-state index in [1.54, 1.807) is 10.9 Å². The van der Waals surface area contributed by atoms with Crippen molar-refractivity contribution < 1.29 is 14.7 Å². The number of amides is 1.